The van der Waals surface area contributed by atoms with Crippen LogP contribution in [0.2, 0.25) is 0 Å². The summed E-state index contributed by atoms with van der Waals surface area (Å²) in [6.45, 7) is 0. The first-order valence-corrected chi connectivity index (χ1v) is 6.04. The number of hydrogen-bond acceptors (Lipinski definition) is 0. The molecular weight excluding hydrogens is 303 g/mol. The van der Waals surface area contributed by atoms with Crippen molar-refractivity contribution in [1.29, 1.82) is 0 Å². The van der Waals surface area contributed by atoms with Crippen LogP contribution in [-0.2, 0) is 16.8 Å². The molecule has 0 aromatic heterocycles. The lowest BCUT2D eigenvalue weighted by atomic mass is 10.2. The van der Waals surface area contributed by atoms with Crippen LogP contribution in [0.4, 0.5) is 0 Å². The summed E-state index contributed by atoms with van der Waals surface area (Å²) in [5.41, 5.74) is 1.20. The zero-order valence-electron chi connectivity index (χ0n) is 7.18. The van der Waals surface area contributed by atoms with E-state index in [2.05, 4.69) is 36.8 Å². The van der Waals surface area contributed by atoms with Gasteiger partial charge >= 0.3 is 0 Å². The monoisotopic (exact) mass is 314 g/mol. The molecule has 1 rings (SSSR count). The van der Waals surface area contributed by atoms with Crippen LogP contribution in [0.15, 0.2) is 29.2 Å². The van der Waals surface area contributed by atoms with Crippen LogP contribution in [-0.4, -0.2) is 12.5 Å². The van der Waals surface area contributed by atoms with E-state index in [1.54, 1.807) is 0 Å². The van der Waals surface area contributed by atoms with Crippen LogP contribution in [0.3, 0.4) is 0 Å². The fraction of sp³-hybridized carbons (Fsp3) is 0.333. The normalized spacial score (nSPS) is 9.67. The van der Waals surface area contributed by atoms with Gasteiger partial charge in [0.2, 0.25) is 0 Å². The second-order valence-electron chi connectivity index (χ2n) is 2.59. The van der Waals surface area contributed by atoms with Crippen molar-refractivity contribution < 1.29 is 24.0 Å². The smallest absolute Gasteiger partial charge is 0.154 e. The average Bonchev–Trinajstić information content (AvgIpc) is 2.05. The standard InChI is InChI=1S/C9H12ClS.HI/c1-11(2)9-5-3-8(7-10)4-6-9;/h3-6H,7H2,1-2H3;1H/q+1;/p-1. The van der Waals surface area contributed by atoms with Crippen LogP contribution >= 0.6 is 11.6 Å². The summed E-state index contributed by atoms with van der Waals surface area (Å²) < 4.78 is 0. The molecule has 0 atom stereocenters. The Kier molecular flexibility index (Phi) is 6.41. The minimum atomic E-state index is 0. The fourth-order valence-electron chi connectivity index (χ4n) is 0.851. The summed E-state index contributed by atoms with van der Waals surface area (Å²) in [7, 11) is 0.368. The summed E-state index contributed by atoms with van der Waals surface area (Å²) in [6, 6.07) is 8.49. The SMILES string of the molecule is C[S+](C)c1ccc(CCl)cc1.[I-]. The maximum Gasteiger partial charge on any atom is 0.154 e. The molecule has 0 aliphatic heterocycles. The lowest BCUT2D eigenvalue weighted by Crippen LogP contribution is -3.00. The highest BCUT2D eigenvalue weighted by atomic mass is 127. The van der Waals surface area contributed by atoms with Crippen molar-refractivity contribution >= 4 is 22.5 Å². The molecule has 0 spiro atoms. The molecule has 0 fully saturated rings. The molecule has 1 aromatic rings. The molecule has 0 heterocycles. The number of alkyl halides is 1. The fourth-order valence-corrected chi connectivity index (χ4v) is 1.71. The van der Waals surface area contributed by atoms with Gasteiger partial charge in [-0.25, -0.2) is 0 Å². The highest BCUT2D eigenvalue weighted by molar-refractivity contribution is 7.95. The molecule has 68 valence electrons. The van der Waals surface area contributed by atoms with E-state index in [4.69, 9.17) is 11.6 Å². The molecule has 0 radical (unpaired) electrons. The lowest BCUT2D eigenvalue weighted by molar-refractivity contribution is -0.00000233. The Morgan fingerprint density at radius 2 is 1.67 bits per heavy atom. The van der Waals surface area contributed by atoms with E-state index in [1.165, 1.54) is 10.5 Å². The van der Waals surface area contributed by atoms with Gasteiger partial charge in [-0.05, 0) is 17.7 Å². The van der Waals surface area contributed by atoms with Crippen molar-refractivity contribution in [2.45, 2.75) is 10.8 Å². The molecule has 0 amide bonds. The van der Waals surface area contributed by atoms with Gasteiger partial charge in [0.25, 0.3) is 0 Å². The van der Waals surface area contributed by atoms with Gasteiger partial charge in [0, 0.05) is 16.8 Å². The predicted octanol–water partition coefficient (Wildman–Crippen LogP) is -0.334. The minimum absolute atomic E-state index is 0. The summed E-state index contributed by atoms with van der Waals surface area (Å²) in [5.74, 6) is 0.613. The predicted molar refractivity (Wildman–Crippen MR) is 53.5 cm³/mol. The van der Waals surface area contributed by atoms with Crippen molar-refractivity contribution in [3.8, 4) is 0 Å². The molecule has 0 nitrogen and oxygen atoms in total. The van der Waals surface area contributed by atoms with Gasteiger partial charge in [0.05, 0.1) is 0 Å². The summed E-state index contributed by atoms with van der Waals surface area (Å²) in [4.78, 5) is 1.40. The van der Waals surface area contributed by atoms with E-state index in [9.17, 15) is 0 Å². The quantitative estimate of drug-likeness (QED) is 0.398. The molecular formula is C9H12ClIS. The second kappa shape index (κ2) is 6.11. The van der Waals surface area contributed by atoms with E-state index in [0.717, 1.165) is 0 Å². The first-order chi connectivity index (χ1) is 5.24. The third-order valence-corrected chi connectivity index (χ3v) is 3.07. The van der Waals surface area contributed by atoms with Gasteiger partial charge in [-0.15, -0.1) is 11.6 Å². The van der Waals surface area contributed by atoms with Gasteiger partial charge < -0.3 is 24.0 Å². The maximum atomic E-state index is 5.66. The Morgan fingerprint density at radius 1 is 1.17 bits per heavy atom. The minimum Gasteiger partial charge on any atom is -1.00 e. The van der Waals surface area contributed by atoms with E-state index in [1.807, 2.05) is 0 Å². The lowest BCUT2D eigenvalue weighted by Gasteiger charge is -1.96. The summed E-state index contributed by atoms with van der Waals surface area (Å²) in [6.07, 6.45) is 4.44. The molecule has 0 N–H and O–H groups in total. The van der Waals surface area contributed by atoms with Crippen LogP contribution in [0.1, 0.15) is 5.56 Å². The van der Waals surface area contributed by atoms with Crippen LogP contribution in [0.5, 0.6) is 0 Å². The van der Waals surface area contributed by atoms with E-state index >= 15 is 0 Å². The zero-order valence-corrected chi connectivity index (χ0v) is 10.9. The molecule has 0 unspecified atom stereocenters. The Morgan fingerprint density at radius 3 is 2.00 bits per heavy atom. The van der Waals surface area contributed by atoms with Gasteiger partial charge in [0.1, 0.15) is 12.5 Å². The van der Waals surface area contributed by atoms with E-state index in [-0.39, 0.29) is 24.0 Å². The molecule has 0 aliphatic carbocycles. The molecule has 0 bridgehead atoms. The summed E-state index contributed by atoms with van der Waals surface area (Å²) in [5, 5.41) is 0. The zero-order chi connectivity index (χ0) is 8.27. The van der Waals surface area contributed by atoms with E-state index in [0.29, 0.717) is 16.8 Å². The molecule has 12 heavy (non-hydrogen) atoms. The van der Waals surface area contributed by atoms with Crippen molar-refractivity contribution in [2.24, 2.45) is 0 Å². The first-order valence-electron chi connectivity index (χ1n) is 3.46. The third-order valence-electron chi connectivity index (χ3n) is 1.55. The Labute approximate surface area is 99.1 Å². The molecule has 0 saturated carbocycles. The molecule has 0 saturated heterocycles. The van der Waals surface area contributed by atoms with Crippen molar-refractivity contribution in [3.63, 3.8) is 0 Å². The average molecular weight is 315 g/mol. The van der Waals surface area contributed by atoms with E-state index < -0.39 is 0 Å². The molecule has 0 aliphatic rings. The Balaban J connectivity index is 0.00000121. The number of hydrogen-bond donors (Lipinski definition) is 0. The van der Waals surface area contributed by atoms with Crippen LogP contribution in [0.25, 0.3) is 0 Å². The number of rotatable bonds is 2. The Bertz CT molecular complexity index is 220. The van der Waals surface area contributed by atoms with Crippen LogP contribution < -0.4 is 24.0 Å². The topological polar surface area (TPSA) is 0 Å². The third kappa shape index (κ3) is 3.54. The highest BCUT2D eigenvalue weighted by Gasteiger charge is 2.05. The second-order valence-corrected chi connectivity index (χ2v) is 4.97. The molecule has 3 heteroatoms. The first kappa shape index (κ1) is 12.6. The number of benzene rings is 1. The van der Waals surface area contributed by atoms with Gasteiger partial charge in [-0.2, -0.15) is 0 Å². The number of halogens is 2. The van der Waals surface area contributed by atoms with Crippen molar-refractivity contribution in [2.75, 3.05) is 12.5 Å². The summed E-state index contributed by atoms with van der Waals surface area (Å²) >= 11 is 5.66. The van der Waals surface area contributed by atoms with Crippen molar-refractivity contribution in [1.82, 2.24) is 0 Å². The Hall–Kier alpha value is 0.590. The molecule has 1 aromatic carbocycles. The maximum absolute atomic E-state index is 5.66. The van der Waals surface area contributed by atoms with Gasteiger partial charge in [0.15, 0.2) is 4.90 Å². The van der Waals surface area contributed by atoms with Crippen LogP contribution in [0, 0.1) is 0 Å². The van der Waals surface area contributed by atoms with Gasteiger partial charge in [-0.3, -0.25) is 0 Å². The highest BCUT2D eigenvalue weighted by Crippen LogP contribution is 2.11. The largest absolute Gasteiger partial charge is 1.00 e. The van der Waals surface area contributed by atoms with Gasteiger partial charge in [-0.1, -0.05) is 12.1 Å². The van der Waals surface area contributed by atoms with Crippen molar-refractivity contribution in [3.05, 3.63) is 29.8 Å².